The molecule has 3 fully saturated rings. The lowest BCUT2D eigenvalue weighted by Crippen LogP contribution is -2.48. The monoisotopic (exact) mass is 301 g/mol. The van der Waals surface area contributed by atoms with Gasteiger partial charge in [0.2, 0.25) is 0 Å². The predicted molar refractivity (Wildman–Crippen MR) is 69.3 cm³/mol. The summed E-state index contributed by atoms with van der Waals surface area (Å²) in [6, 6.07) is 0.785. The van der Waals surface area contributed by atoms with Crippen LogP contribution < -0.4 is 0 Å². The fraction of sp³-hybridized carbons (Fsp3) is 0.923. The first-order chi connectivity index (χ1) is 8.27. The van der Waals surface area contributed by atoms with Gasteiger partial charge in [0.05, 0.1) is 10.9 Å². The van der Waals surface area contributed by atoms with E-state index in [1.165, 1.54) is 38.5 Å². The molecule has 2 saturated carbocycles. The molecule has 0 aromatic carbocycles. The van der Waals surface area contributed by atoms with E-state index in [1.54, 1.807) is 0 Å². The maximum absolute atomic E-state index is 12.1. The maximum Gasteiger partial charge on any atom is 0.410 e. The minimum Gasteiger partial charge on any atom is -0.443 e. The van der Waals surface area contributed by atoms with Crippen molar-refractivity contribution in [3.05, 3.63) is 0 Å². The van der Waals surface area contributed by atoms with Gasteiger partial charge in [-0.3, -0.25) is 4.90 Å². The molecule has 17 heavy (non-hydrogen) atoms. The van der Waals surface area contributed by atoms with Gasteiger partial charge in [-0.2, -0.15) is 0 Å². The van der Waals surface area contributed by atoms with Crippen molar-refractivity contribution in [2.75, 3.05) is 0 Å². The Morgan fingerprint density at radius 1 is 1.06 bits per heavy atom. The fourth-order valence-corrected chi connectivity index (χ4v) is 4.42. The van der Waals surface area contributed by atoms with Gasteiger partial charge >= 0.3 is 6.09 Å². The van der Waals surface area contributed by atoms with E-state index in [9.17, 15) is 4.79 Å². The van der Waals surface area contributed by atoms with Crippen LogP contribution in [0.5, 0.6) is 0 Å². The van der Waals surface area contributed by atoms with Crippen LogP contribution in [0.3, 0.4) is 0 Å². The molecule has 3 rings (SSSR count). The van der Waals surface area contributed by atoms with Crippen molar-refractivity contribution in [3.8, 4) is 0 Å². The molecule has 3 nitrogen and oxygen atoms in total. The lowest BCUT2D eigenvalue weighted by atomic mass is 9.88. The van der Waals surface area contributed by atoms with E-state index in [2.05, 4.69) is 20.8 Å². The number of carbonyl (C=O) groups is 1. The Morgan fingerprint density at radius 2 is 1.82 bits per heavy atom. The summed E-state index contributed by atoms with van der Waals surface area (Å²) in [5, 5.41) is 0. The second-order valence-corrected chi connectivity index (χ2v) is 6.74. The second-order valence-electron chi connectivity index (χ2n) is 5.56. The Kier molecular flexibility index (Phi) is 3.33. The van der Waals surface area contributed by atoms with Gasteiger partial charge in [0, 0.05) is 6.04 Å². The number of hydrogen-bond donors (Lipinski definition) is 0. The summed E-state index contributed by atoms with van der Waals surface area (Å²) in [7, 11) is 0. The first-order valence-electron chi connectivity index (χ1n) is 6.90. The molecular weight excluding hydrogens is 282 g/mol. The summed E-state index contributed by atoms with van der Waals surface area (Å²) < 4.78 is 5.58. The zero-order valence-corrected chi connectivity index (χ0v) is 11.7. The molecule has 0 aromatic heterocycles. The van der Waals surface area contributed by atoms with Crippen LogP contribution >= 0.6 is 15.9 Å². The second kappa shape index (κ2) is 4.79. The number of nitrogens with zero attached hydrogens (tertiary/aromatic N) is 1. The van der Waals surface area contributed by atoms with E-state index in [4.69, 9.17) is 4.74 Å². The molecule has 1 aliphatic heterocycles. The third-order valence-electron chi connectivity index (χ3n) is 4.49. The van der Waals surface area contributed by atoms with Crippen LogP contribution in [0, 0.1) is 0 Å². The molecular formula is C13H20BrNO2. The Balaban J connectivity index is 1.76. The standard InChI is InChI=1S/C13H20BrNO2/c14-10-7-4-8-11-12(10)17-13(16)15(11)9-5-2-1-3-6-9/h9-12H,1-8H2. The van der Waals surface area contributed by atoms with Crippen LogP contribution in [-0.4, -0.2) is 34.0 Å². The SMILES string of the molecule is O=C1OC2C(Br)CCCC2N1C1CCCCC1. The highest BCUT2D eigenvalue weighted by atomic mass is 79.9. The van der Waals surface area contributed by atoms with Crippen molar-refractivity contribution in [2.45, 2.75) is 74.4 Å². The van der Waals surface area contributed by atoms with E-state index in [0.717, 1.165) is 12.8 Å². The molecule has 3 aliphatic rings. The van der Waals surface area contributed by atoms with E-state index >= 15 is 0 Å². The Bertz CT molecular complexity index is 304. The molecule has 0 aromatic rings. The number of hydrogen-bond acceptors (Lipinski definition) is 2. The first-order valence-corrected chi connectivity index (χ1v) is 7.82. The van der Waals surface area contributed by atoms with Gasteiger partial charge < -0.3 is 4.74 Å². The molecule has 3 unspecified atom stereocenters. The van der Waals surface area contributed by atoms with E-state index in [0.29, 0.717) is 16.9 Å². The molecule has 0 bridgehead atoms. The van der Waals surface area contributed by atoms with Gasteiger partial charge in [0.15, 0.2) is 0 Å². The molecule has 1 heterocycles. The number of rotatable bonds is 1. The van der Waals surface area contributed by atoms with Crippen LogP contribution in [0.1, 0.15) is 51.4 Å². The van der Waals surface area contributed by atoms with Gasteiger partial charge in [0.1, 0.15) is 6.10 Å². The van der Waals surface area contributed by atoms with Crippen molar-refractivity contribution < 1.29 is 9.53 Å². The van der Waals surface area contributed by atoms with Crippen LogP contribution in [0.25, 0.3) is 0 Å². The number of fused-ring (bicyclic) bond motifs is 1. The van der Waals surface area contributed by atoms with E-state index in [-0.39, 0.29) is 12.2 Å². The highest BCUT2D eigenvalue weighted by Gasteiger charge is 2.49. The molecule has 0 spiro atoms. The zero-order chi connectivity index (χ0) is 11.8. The highest BCUT2D eigenvalue weighted by molar-refractivity contribution is 9.09. The van der Waals surface area contributed by atoms with Crippen LogP contribution in [0.2, 0.25) is 0 Å². The lowest BCUT2D eigenvalue weighted by molar-refractivity contribution is 0.119. The van der Waals surface area contributed by atoms with Gasteiger partial charge in [-0.1, -0.05) is 35.2 Å². The Labute approximate surface area is 111 Å². The number of halogens is 1. The number of carbonyl (C=O) groups excluding carboxylic acids is 1. The normalized spacial score (nSPS) is 39.0. The quantitative estimate of drug-likeness (QED) is 0.694. The van der Waals surface area contributed by atoms with Gasteiger partial charge in [0.25, 0.3) is 0 Å². The van der Waals surface area contributed by atoms with E-state index in [1.807, 2.05) is 0 Å². The van der Waals surface area contributed by atoms with Crippen molar-refractivity contribution in [3.63, 3.8) is 0 Å². The predicted octanol–water partition coefficient (Wildman–Crippen LogP) is 3.46. The minimum absolute atomic E-state index is 0.0572. The average molecular weight is 302 g/mol. The molecule has 0 N–H and O–H groups in total. The average Bonchev–Trinajstić information content (AvgIpc) is 2.68. The highest BCUT2D eigenvalue weighted by Crippen LogP contribution is 2.39. The van der Waals surface area contributed by atoms with Crippen LogP contribution in [0.15, 0.2) is 0 Å². The smallest absolute Gasteiger partial charge is 0.410 e. The van der Waals surface area contributed by atoms with Gasteiger partial charge in [-0.05, 0) is 32.1 Å². The molecule has 3 atom stereocenters. The third kappa shape index (κ3) is 2.09. The van der Waals surface area contributed by atoms with Crippen LogP contribution in [0.4, 0.5) is 4.79 Å². The van der Waals surface area contributed by atoms with Crippen molar-refractivity contribution >= 4 is 22.0 Å². The van der Waals surface area contributed by atoms with Gasteiger partial charge in [-0.15, -0.1) is 0 Å². The third-order valence-corrected chi connectivity index (χ3v) is 5.47. The molecule has 1 saturated heterocycles. The molecule has 2 aliphatic carbocycles. The minimum atomic E-state index is -0.0572. The molecule has 1 amide bonds. The largest absolute Gasteiger partial charge is 0.443 e. The molecule has 96 valence electrons. The summed E-state index contributed by atoms with van der Waals surface area (Å²) in [5.41, 5.74) is 0. The fourth-order valence-electron chi connectivity index (χ4n) is 3.63. The number of ether oxygens (including phenoxy) is 1. The number of alkyl halides is 1. The summed E-state index contributed by atoms with van der Waals surface area (Å²) in [5.74, 6) is 0. The Morgan fingerprint density at radius 3 is 2.59 bits per heavy atom. The van der Waals surface area contributed by atoms with Crippen molar-refractivity contribution in [2.24, 2.45) is 0 Å². The lowest BCUT2D eigenvalue weighted by Gasteiger charge is -2.37. The van der Waals surface area contributed by atoms with Crippen molar-refractivity contribution in [1.29, 1.82) is 0 Å². The maximum atomic E-state index is 12.1. The zero-order valence-electron chi connectivity index (χ0n) is 10.1. The molecule has 0 radical (unpaired) electrons. The van der Waals surface area contributed by atoms with Crippen LogP contribution in [-0.2, 0) is 4.74 Å². The first kappa shape index (κ1) is 11.8. The van der Waals surface area contributed by atoms with E-state index < -0.39 is 0 Å². The van der Waals surface area contributed by atoms with Crippen molar-refractivity contribution in [1.82, 2.24) is 4.90 Å². The molecule has 4 heteroatoms. The summed E-state index contributed by atoms with van der Waals surface area (Å²) in [6.45, 7) is 0. The topological polar surface area (TPSA) is 29.5 Å². The Hall–Kier alpha value is -0.250. The summed E-state index contributed by atoms with van der Waals surface area (Å²) in [4.78, 5) is 14.5. The summed E-state index contributed by atoms with van der Waals surface area (Å²) in [6.07, 6.45) is 9.70. The summed E-state index contributed by atoms with van der Waals surface area (Å²) >= 11 is 3.67. The number of amides is 1. The van der Waals surface area contributed by atoms with Gasteiger partial charge in [-0.25, -0.2) is 4.79 Å².